The van der Waals surface area contributed by atoms with E-state index in [0.717, 1.165) is 11.1 Å². The van der Waals surface area contributed by atoms with Crippen LogP contribution in [0.25, 0.3) is 0 Å². The summed E-state index contributed by atoms with van der Waals surface area (Å²) in [6.45, 7) is 6.92. The van der Waals surface area contributed by atoms with Gasteiger partial charge in [0.2, 0.25) is 0 Å². The summed E-state index contributed by atoms with van der Waals surface area (Å²) in [5.41, 5.74) is 2.12. The van der Waals surface area contributed by atoms with Gasteiger partial charge in [-0.05, 0) is 18.4 Å². The highest BCUT2D eigenvalue weighted by atomic mass is 16.2. The van der Waals surface area contributed by atoms with Gasteiger partial charge < -0.3 is 5.32 Å². The lowest BCUT2D eigenvalue weighted by atomic mass is 10.1. The molecule has 1 aromatic carbocycles. The van der Waals surface area contributed by atoms with Crippen LogP contribution in [-0.2, 0) is 4.79 Å². The Hall–Kier alpha value is -1.84. The first-order valence-electron chi connectivity index (χ1n) is 6.24. The number of aryl methyl sites for hydroxylation is 1. The lowest BCUT2D eigenvalue weighted by molar-refractivity contribution is -0.120. The number of carbonyl (C=O) groups is 1. The number of aliphatic imine (C=N–C) groups is 1. The second-order valence-corrected chi connectivity index (χ2v) is 5.06. The molecule has 1 unspecified atom stereocenters. The van der Waals surface area contributed by atoms with E-state index in [1.54, 1.807) is 0 Å². The summed E-state index contributed by atoms with van der Waals surface area (Å²) in [5.74, 6) is 1.03. The number of amides is 1. The van der Waals surface area contributed by atoms with Crippen LogP contribution in [0.15, 0.2) is 29.3 Å². The zero-order valence-electron chi connectivity index (χ0n) is 11.0. The molecule has 18 heavy (non-hydrogen) atoms. The topological polar surface area (TPSA) is 53.5 Å². The minimum Gasteiger partial charge on any atom is -0.340 e. The first-order valence-corrected chi connectivity index (χ1v) is 6.24. The van der Waals surface area contributed by atoms with Gasteiger partial charge >= 0.3 is 0 Å². The van der Waals surface area contributed by atoms with Crippen LogP contribution in [0.1, 0.15) is 31.0 Å². The van der Waals surface area contributed by atoms with Crippen LogP contribution in [0.5, 0.6) is 0 Å². The first kappa shape index (κ1) is 12.6. The molecule has 4 nitrogen and oxygen atoms in total. The molecule has 1 aliphatic rings. The minimum atomic E-state index is -0.323. The van der Waals surface area contributed by atoms with Crippen molar-refractivity contribution in [3.63, 3.8) is 0 Å². The zero-order chi connectivity index (χ0) is 13.1. The predicted molar refractivity (Wildman–Crippen MR) is 72.3 cm³/mol. The van der Waals surface area contributed by atoms with Crippen LogP contribution in [-0.4, -0.2) is 18.4 Å². The Kier molecular flexibility index (Phi) is 3.65. The third kappa shape index (κ3) is 2.88. The molecule has 4 heteroatoms. The van der Waals surface area contributed by atoms with Crippen LogP contribution < -0.4 is 10.6 Å². The summed E-state index contributed by atoms with van der Waals surface area (Å²) in [6, 6.07) is 7.63. The number of nitrogens with zero attached hydrogens (tertiary/aromatic N) is 1. The SMILES string of the molecule is Cc1cccc(C2NC(=NCC(C)C)NC2=O)c1. The van der Waals surface area contributed by atoms with E-state index in [9.17, 15) is 4.79 Å². The van der Waals surface area contributed by atoms with Crippen molar-refractivity contribution in [2.24, 2.45) is 10.9 Å². The van der Waals surface area contributed by atoms with E-state index in [2.05, 4.69) is 29.5 Å². The minimum absolute atomic E-state index is 0.0388. The lowest BCUT2D eigenvalue weighted by Crippen LogP contribution is -2.26. The molecule has 2 N–H and O–H groups in total. The number of benzene rings is 1. The van der Waals surface area contributed by atoms with E-state index >= 15 is 0 Å². The normalized spacial score (nSPS) is 21.2. The third-order valence-corrected chi connectivity index (χ3v) is 2.77. The number of nitrogens with one attached hydrogen (secondary N) is 2. The number of guanidine groups is 1. The van der Waals surface area contributed by atoms with Crippen LogP contribution in [0.2, 0.25) is 0 Å². The molecular formula is C14H19N3O. The monoisotopic (exact) mass is 245 g/mol. The largest absolute Gasteiger partial charge is 0.340 e. The molecule has 1 saturated heterocycles. The maximum absolute atomic E-state index is 11.9. The summed E-state index contributed by atoms with van der Waals surface area (Å²) in [4.78, 5) is 16.2. The number of hydrogen-bond acceptors (Lipinski definition) is 2. The fourth-order valence-corrected chi connectivity index (χ4v) is 1.87. The molecule has 1 aliphatic heterocycles. The van der Waals surface area contributed by atoms with Gasteiger partial charge in [0.1, 0.15) is 6.04 Å². The molecule has 96 valence electrons. The third-order valence-electron chi connectivity index (χ3n) is 2.77. The predicted octanol–water partition coefficient (Wildman–Crippen LogP) is 1.77. The number of hydrogen-bond donors (Lipinski definition) is 2. The fourth-order valence-electron chi connectivity index (χ4n) is 1.87. The molecule has 0 spiro atoms. The quantitative estimate of drug-likeness (QED) is 0.852. The molecule has 1 amide bonds. The van der Waals surface area contributed by atoms with Crippen LogP contribution in [0.4, 0.5) is 0 Å². The van der Waals surface area contributed by atoms with Crippen molar-refractivity contribution in [1.29, 1.82) is 0 Å². The Labute approximate surface area is 108 Å². The lowest BCUT2D eigenvalue weighted by Gasteiger charge is -2.08. The Bertz CT molecular complexity index is 480. The molecule has 1 heterocycles. The fraction of sp³-hybridized carbons (Fsp3) is 0.429. The van der Waals surface area contributed by atoms with Crippen molar-refractivity contribution in [2.45, 2.75) is 26.8 Å². The van der Waals surface area contributed by atoms with Crippen molar-refractivity contribution in [3.8, 4) is 0 Å². The molecule has 0 bridgehead atoms. The Balaban J connectivity index is 2.12. The van der Waals surface area contributed by atoms with Gasteiger partial charge in [-0.15, -0.1) is 0 Å². The summed E-state index contributed by atoms with van der Waals surface area (Å²) < 4.78 is 0. The highest BCUT2D eigenvalue weighted by Crippen LogP contribution is 2.17. The number of carbonyl (C=O) groups excluding carboxylic acids is 1. The van der Waals surface area contributed by atoms with E-state index in [4.69, 9.17) is 0 Å². The van der Waals surface area contributed by atoms with Crippen LogP contribution in [0, 0.1) is 12.8 Å². The van der Waals surface area contributed by atoms with Crippen LogP contribution >= 0.6 is 0 Å². The second-order valence-electron chi connectivity index (χ2n) is 5.06. The van der Waals surface area contributed by atoms with Gasteiger partial charge in [-0.2, -0.15) is 0 Å². The molecule has 2 rings (SSSR count). The van der Waals surface area contributed by atoms with Gasteiger partial charge in [-0.1, -0.05) is 43.7 Å². The molecular weight excluding hydrogens is 226 g/mol. The molecule has 1 fully saturated rings. The maximum Gasteiger partial charge on any atom is 0.253 e. The standard InChI is InChI=1S/C14H19N3O/c1-9(2)8-15-14-16-12(13(18)17-14)11-6-4-5-10(3)7-11/h4-7,9,12H,8H2,1-3H3,(H2,15,16,17,18). The molecule has 0 aromatic heterocycles. The van der Waals surface area contributed by atoms with E-state index in [1.165, 1.54) is 0 Å². The highest BCUT2D eigenvalue weighted by Gasteiger charge is 2.29. The zero-order valence-corrected chi connectivity index (χ0v) is 11.0. The van der Waals surface area contributed by atoms with Gasteiger partial charge in [-0.3, -0.25) is 15.1 Å². The molecule has 0 aliphatic carbocycles. The van der Waals surface area contributed by atoms with Gasteiger partial charge in [0, 0.05) is 6.54 Å². The second kappa shape index (κ2) is 5.21. The Morgan fingerprint density at radius 1 is 1.39 bits per heavy atom. The van der Waals surface area contributed by atoms with Crippen molar-refractivity contribution >= 4 is 11.9 Å². The van der Waals surface area contributed by atoms with Gasteiger partial charge in [0.05, 0.1) is 0 Å². The average molecular weight is 245 g/mol. The van der Waals surface area contributed by atoms with E-state index in [-0.39, 0.29) is 11.9 Å². The Morgan fingerprint density at radius 2 is 2.17 bits per heavy atom. The van der Waals surface area contributed by atoms with Gasteiger partial charge in [-0.25, -0.2) is 0 Å². The van der Waals surface area contributed by atoms with Gasteiger partial charge in [0.25, 0.3) is 5.91 Å². The summed E-state index contributed by atoms with van der Waals surface area (Å²) >= 11 is 0. The molecule has 1 atom stereocenters. The smallest absolute Gasteiger partial charge is 0.253 e. The van der Waals surface area contributed by atoms with E-state index < -0.39 is 0 Å². The van der Waals surface area contributed by atoms with Crippen molar-refractivity contribution in [1.82, 2.24) is 10.6 Å². The summed E-state index contributed by atoms with van der Waals surface area (Å²) in [6.07, 6.45) is 0. The van der Waals surface area contributed by atoms with Crippen molar-refractivity contribution in [2.75, 3.05) is 6.54 Å². The summed E-state index contributed by atoms with van der Waals surface area (Å²) in [5, 5.41) is 5.91. The maximum atomic E-state index is 11.9. The molecule has 0 saturated carbocycles. The first-order chi connectivity index (χ1) is 8.56. The summed E-state index contributed by atoms with van der Waals surface area (Å²) in [7, 11) is 0. The van der Waals surface area contributed by atoms with Crippen LogP contribution in [0.3, 0.4) is 0 Å². The molecule has 0 radical (unpaired) electrons. The van der Waals surface area contributed by atoms with Crippen molar-refractivity contribution in [3.05, 3.63) is 35.4 Å². The average Bonchev–Trinajstić information content (AvgIpc) is 2.68. The van der Waals surface area contributed by atoms with Gasteiger partial charge in [0.15, 0.2) is 5.96 Å². The van der Waals surface area contributed by atoms with Crippen molar-refractivity contribution < 1.29 is 4.79 Å². The highest BCUT2D eigenvalue weighted by molar-refractivity contribution is 6.06. The van der Waals surface area contributed by atoms with E-state index in [0.29, 0.717) is 18.4 Å². The molecule has 1 aromatic rings. The van der Waals surface area contributed by atoms with E-state index in [1.807, 2.05) is 31.2 Å². The number of rotatable bonds is 3. The Morgan fingerprint density at radius 3 is 2.83 bits per heavy atom.